The Morgan fingerprint density at radius 3 is 2.36 bits per heavy atom. The van der Waals surface area contributed by atoms with Gasteiger partial charge in [0.25, 0.3) is 5.91 Å². The molecule has 3 amide bonds. The van der Waals surface area contributed by atoms with E-state index in [0.717, 1.165) is 38.4 Å². The van der Waals surface area contributed by atoms with E-state index in [4.69, 9.17) is 9.47 Å². The lowest BCUT2D eigenvalue weighted by Crippen LogP contribution is -2.52. The summed E-state index contributed by atoms with van der Waals surface area (Å²) in [7, 11) is 0. The zero-order valence-corrected chi connectivity index (χ0v) is 25.4. The van der Waals surface area contributed by atoms with E-state index in [9.17, 15) is 23.6 Å². The fraction of sp³-hybridized carbons (Fsp3) is 0.500. The second-order valence-corrected chi connectivity index (χ2v) is 12.4. The number of hydrogen-bond donors (Lipinski definition) is 2. The van der Waals surface area contributed by atoms with Gasteiger partial charge in [0.1, 0.15) is 17.5 Å². The van der Waals surface area contributed by atoms with Crippen molar-refractivity contribution in [2.75, 3.05) is 62.2 Å². The molecule has 0 unspecified atom stereocenters. The summed E-state index contributed by atoms with van der Waals surface area (Å²) in [6.07, 6.45) is 0.341. The van der Waals surface area contributed by atoms with Crippen LogP contribution >= 0.6 is 0 Å². The van der Waals surface area contributed by atoms with Crippen LogP contribution in [0.1, 0.15) is 54.3 Å². The lowest BCUT2D eigenvalue weighted by molar-refractivity contribution is -0.134. The highest BCUT2D eigenvalue weighted by molar-refractivity contribution is 6.04. The van der Waals surface area contributed by atoms with Crippen molar-refractivity contribution in [2.45, 2.75) is 51.4 Å². The first-order valence-electron chi connectivity index (χ1n) is 15.1. The molecule has 3 fully saturated rings. The van der Waals surface area contributed by atoms with E-state index in [1.165, 1.54) is 12.1 Å². The van der Waals surface area contributed by atoms with Crippen LogP contribution < -0.4 is 20.4 Å². The molecule has 0 bridgehead atoms. The van der Waals surface area contributed by atoms with Gasteiger partial charge in [0.2, 0.25) is 11.8 Å². The topological polar surface area (TPSA) is 121 Å². The normalized spacial score (nSPS) is 21.5. The SMILES string of the molecule is CC(C)(C)OC(=O)c1ccc(N2CCO[C@H](CN3CCN(c4ccc(C(=O)N[C@H]5CCC(=O)NC5=O)c(F)c4)CC3)C2)cc1. The van der Waals surface area contributed by atoms with Gasteiger partial charge in [-0.3, -0.25) is 24.6 Å². The van der Waals surface area contributed by atoms with Crippen LogP contribution in [0.15, 0.2) is 42.5 Å². The molecule has 0 saturated carbocycles. The molecule has 2 atom stereocenters. The van der Waals surface area contributed by atoms with Crippen LogP contribution in [-0.4, -0.2) is 98.8 Å². The highest BCUT2D eigenvalue weighted by atomic mass is 19.1. The third-order valence-corrected chi connectivity index (χ3v) is 7.95. The van der Waals surface area contributed by atoms with Gasteiger partial charge in [-0.25, -0.2) is 9.18 Å². The summed E-state index contributed by atoms with van der Waals surface area (Å²) in [4.78, 5) is 54.9. The average molecular weight is 610 g/mol. The number of esters is 1. The summed E-state index contributed by atoms with van der Waals surface area (Å²) < 4.78 is 26.5. The second-order valence-electron chi connectivity index (χ2n) is 12.4. The molecular formula is C32H40FN5O6. The summed E-state index contributed by atoms with van der Waals surface area (Å²) in [5.74, 6) is -2.65. The standard InChI is InChI=1S/C32H40FN5O6/c1-32(2,3)44-31(42)21-4-6-22(7-5-21)38-16-17-43-24(20-38)19-36-12-14-37(15-13-36)23-8-9-25(26(33)18-23)29(40)34-27-10-11-28(39)35-30(27)41/h4-9,18,24,27H,10-17,19-20H2,1-3H3,(H,34,40)(H,35,39,41)/t24-,27+/m1/s1. The number of anilines is 2. The molecule has 11 nitrogen and oxygen atoms in total. The van der Waals surface area contributed by atoms with Crippen LogP contribution in [0.3, 0.4) is 0 Å². The van der Waals surface area contributed by atoms with Gasteiger partial charge in [0.05, 0.1) is 23.8 Å². The zero-order chi connectivity index (χ0) is 31.4. The van der Waals surface area contributed by atoms with E-state index in [-0.39, 0.29) is 36.4 Å². The Labute approximate surface area is 256 Å². The molecule has 44 heavy (non-hydrogen) atoms. The first-order chi connectivity index (χ1) is 20.9. The molecule has 0 radical (unpaired) electrons. The Morgan fingerprint density at radius 1 is 1.00 bits per heavy atom. The van der Waals surface area contributed by atoms with E-state index < -0.39 is 29.3 Å². The lowest BCUT2D eigenvalue weighted by atomic mass is 10.1. The summed E-state index contributed by atoms with van der Waals surface area (Å²) >= 11 is 0. The highest BCUT2D eigenvalue weighted by Crippen LogP contribution is 2.23. The molecule has 0 aliphatic carbocycles. The number of imide groups is 1. The van der Waals surface area contributed by atoms with Gasteiger partial charge in [-0.15, -0.1) is 0 Å². The largest absolute Gasteiger partial charge is 0.456 e. The second kappa shape index (κ2) is 13.3. The summed E-state index contributed by atoms with van der Waals surface area (Å²) in [6, 6.07) is 11.1. The maximum Gasteiger partial charge on any atom is 0.338 e. The van der Waals surface area contributed by atoms with Crippen molar-refractivity contribution in [3.05, 3.63) is 59.4 Å². The van der Waals surface area contributed by atoms with Crippen LogP contribution in [0, 0.1) is 5.82 Å². The summed E-state index contributed by atoms with van der Waals surface area (Å²) in [5, 5.41) is 4.70. The molecule has 2 aromatic rings. The Balaban J connectivity index is 1.10. The minimum Gasteiger partial charge on any atom is -0.456 e. The number of nitrogens with one attached hydrogen (secondary N) is 2. The molecular weight excluding hydrogens is 569 g/mol. The number of carbonyl (C=O) groups is 4. The molecule has 3 aliphatic heterocycles. The first kappa shape index (κ1) is 31.4. The van der Waals surface area contributed by atoms with Crippen molar-refractivity contribution < 1.29 is 33.0 Å². The number of benzene rings is 2. The molecule has 5 rings (SSSR count). The van der Waals surface area contributed by atoms with Crippen molar-refractivity contribution in [3.63, 3.8) is 0 Å². The monoisotopic (exact) mass is 609 g/mol. The maximum absolute atomic E-state index is 15.0. The Kier molecular flexibility index (Phi) is 9.50. The summed E-state index contributed by atoms with van der Waals surface area (Å²) in [5.41, 5.74) is 1.56. The predicted molar refractivity (Wildman–Crippen MR) is 162 cm³/mol. The molecule has 236 valence electrons. The minimum atomic E-state index is -0.864. The fourth-order valence-electron chi connectivity index (χ4n) is 5.64. The van der Waals surface area contributed by atoms with Gasteiger partial charge < -0.3 is 24.6 Å². The van der Waals surface area contributed by atoms with Crippen LogP contribution in [0.5, 0.6) is 0 Å². The molecule has 3 saturated heterocycles. The number of rotatable bonds is 7. The first-order valence-corrected chi connectivity index (χ1v) is 15.1. The predicted octanol–water partition coefficient (Wildman–Crippen LogP) is 2.34. The third-order valence-electron chi connectivity index (χ3n) is 7.95. The van der Waals surface area contributed by atoms with Crippen molar-refractivity contribution in [1.29, 1.82) is 0 Å². The number of piperidine rings is 1. The van der Waals surface area contributed by atoms with Gasteiger partial charge in [0, 0.05) is 63.6 Å². The molecule has 0 spiro atoms. The van der Waals surface area contributed by atoms with Crippen molar-refractivity contribution in [1.82, 2.24) is 15.5 Å². The van der Waals surface area contributed by atoms with E-state index in [1.807, 2.05) is 32.9 Å². The van der Waals surface area contributed by atoms with Gasteiger partial charge in [0.15, 0.2) is 0 Å². The number of hydrogen-bond acceptors (Lipinski definition) is 9. The molecule has 0 aromatic heterocycles. The van der Waals surface area contributed by atoms with Crippen LogP contribution in [0.2, 0.25) is 0 Å². The number of nitrogens with zero attached hydrogens (tertiary/aromatic N) is 3. The molecule has 3 aliphatic rings. The maximum atomic E-state index is 15.0. The lowest BCUT2D eigenvalue weighted by Gasteiger charge is -2.40. The summed E-state index contributed by atoms with van der Waals surface area (Å²) in [6.45, 7) is 11.4. The third kappa shape index (κ3) is 7.92. The number of carbonyl (C=O) groups excluding carboxylic acids is 4. The smallest absolute Gasteiger partial charge is 0.338 e. The quantitative estimate of drug-likeness (QED) is 0.360. The minimum absolute atomic E-state index is 0.0282. The zero-order valence-electron chi connectivity index (χ0n) is 25.4. The highest BCUT2D eigenvalue weighted by Gasteiger charge is 2.30. The van der Waals surface area contributed by atoms with Crippen LogP contribution in [0.4, 0.5) is 15.8 Å². The Bertz CT molecular complexity index is 1390. The van der Waals surface area contributed by atoms with Crippen molar-refractivity contribution in [3.8, 4) is 0 Å². The molecule has 3 heterocycles. The number of amides is 3. The van der Waals surface area contributed by atoms with Gasteiger partial charge in [-0.1, -0.05) is 0 Å². The Morgan fingerprint density at radius 2 is 1.70 bits per heavy atom. The number of morpholine rings is 1. The molecule has 2 aromatic carbocycles. The van der Waals surface area contributed by atoms with Gasteiger partial charge in [-0.05, 0) is 69.7 Å². The van der Waals surface area contributed by atoms with E-state index in [0.29, 0.717) is 30.9 Å². The van der Waals surface area contributed by atoms with Gasteiger partial charge >= 0.3 is 5.97 Å². The van der Waals surface area contributed by atoms with Crippen molar-refractivity contribution in [2.24, 2.45) is 0 Å². The Hall–Kier alpha value is -4.03. The van der Waals surface area contributed by atoms with Gasteiger partial charge in [-0.2, -0.15) is 0 Å². The number of halogens is 1. The van der Waals surface area contributed by atoms with Crippen molar-refractivity contribution >= 4 is 35.1 Å². The van der Waals surface area contributed by atoms with Crippen LogP contribution in [0.25, 0.3) is 0 Å². The number of ether oxygens (including phenoxy) is 2. The number of piperazine rings is 1. The van der Waals surface area contributed by atoms with E-state index in [1.54, 1.807) is 18.2 Å². The molecule has 12 heteroatoms. The molecule has 2 N–H and O–H groups in total. The van der Waals surface area contributed by atoms with Crippen LogP contribution in [-0.2, 0) is 19.1 Å². The van der Waals surface area contributed by atoms with E-state index >= 15 is 0 Å². The fourth-order valence-corrected chi connectivity index (χ4v) is 5.64. The van der Waals surface area contributed by atoms with E-state index in [2.05, 4.69) is 25.3 Å². The average Bonchev–Trinajstić information content (AvgIpc) is 2.98.